The molecule has 204 valence electrons. The van der Waals surface area contributed by atoms with Crippen molar-refractivity contribution in [3.8, 4) is 0 Å². The monoisotopic (exact) mass is 579 g/mol. The van der Waals surface area contributed by atoms with Crippen molar-refractivity contribution in [1.29, 1.82) is 0 Å². The standard InChI is InChI=1S/C20H28ClN5O9P2/c1-2-20(28)14(9-34-37(32,33)10-36(29,30)31)35-18(15(20)27)26-17-13(6-22-26)16(23-19(21)24-17)25-7-11-4-3-5-12(11)8-25/h2,6,11-12,14-15,18,27-28H,1,3-5,7-10H2,(H,32,33)(H2,29,30,31)/t11-,12+,14-,15+,18-,20-/m1/s1. The fourth-order valence-electron chi connectivity index (χ4n) is 5.56. The summed E-state index contributed by atoms with van der Waals surface area (Å²) >= 11 is 6.26. The van der Waals surface area contributed by atoms with Crippen molar-refractivity contribution in [2.45, 2.75) is 43.3 Å². The van der Waals surface area contributed by atoms with E-state index in [2.05, 4.69) is 26.5 Å². The number of rotatable bonds is 8. The second kappa shape index (κ2) is 9.63. The SMILES string of the molecule is C=C[C@@]1(O)[C@@H](COP(=O)(O)CP(=O)(O)O)O[C@@H](n2ncc3c(N4C[C@H]5CCC[C@H]5C4)nc(Cl)nc32)[C@@H]1O. The van der Waals surface area contributed by atoms with Gasteiger partial charge in [-0.3, -0.25) is 9.13 Å². The number of fused-ring (bicyclic) bond motifs is 2. The average molecular weight is 580 g/mol. The molecule has 0 aromatic carbocycles. The topological polar surface area (TPSA) is 201 Å². The van der Waals surface area contributed by atoms with Gasteiger partial charge < -0.3 is 39.1 Å². The second-order valence-corrected chi connectivity index (χ2v) is 14.1. The van der Waals surface area contributed by atoms with Gasteiger partial charge in [-0.2, -0.15) is 15.1 Å². The number of aliphatic hydroxyl groups is 2. The van der Waals surface area contributed by atoms with Crippen molar-refractivity contribution < 1.29 is 43.3 Å². The molecule has 1 saturated carbocycles. The third kappa shape index (κ3) is 5.12. The normalized spacial score (nSPS) is 33.7. The van der Waals surface area contributed by atoms with Gasteiger partial charge in [-0.15, -0.1) is 6.58 Å². The van der Waals surface area contributed by atoms with Crippen molar-refractivity contribution in [2.75, 3.05) is 30.5 Å². The van der Waals surface area contributed by atoms with Crippen LogP contribution in [0.4, 0.5) is 5.82 Å². The maximum absolute atomic E-state index is 12.1. The first-order valence-electron chi connectivity index (χ1n) is 11.7. The van der Waals surface area contributed by atoms with Crippen LogP contribution >= 0.6 is 26.8 Å². The summed E-state index contributed by atoms with van der Waals surface area (Å²) in [4.78, 5) is 38.6. The Morgan fingerprint density at radius 2 is 1.92 bits per heavy atom. The molecule has 0 spiro atoms. The number of hydrogen-bond acceptors (Lipinski definition) is 10. The molecule has 0 bridgehead atoms. The minimum atomic E-state index is -4.86. The van der Waals surface area contributed by atoms with Crippen molar-refractivity contribution >= 4 is 43.6 Å². The summed E-state index contributed by atoms with van der Waals surface area (Å²) in [6.45, 7) is 4.42. The molecule has 0 amide bonds. The Morgan fingerprint density at radius 1 is 1.24 bits per heavy atom. The van der Waals surface area contributed by atoms with Crippen LogP contribution in [0.25, 0.3) is 11.0 Å². The molecule has 3 fully saturated rings. The lowest BCUT2D eigenvalue weighted by atomic mass is 9.92. The summed E-state index contributed by atoms with van der Waals surface area (Å²) in [5, 5.41) is 26.9. The van der Waals surface area contributed by atoms with Crippen LogP contribution in [0.5, 0.6) is 0 Å². The molecule has 2 aromatic rings. The lowest BCUT2D eigenvalue weighted by Crippen LogP contribution is -2.47. The van der Waals surface area contributed by atoms with E-state index >= 15 is 0 Å². The first-order chi connectivity index (χ1) is 17.3. The van der Waals surface area contributed by atoms with Crippen LogP contribution in [0.2, 0.25) is 5.28 Å². The molecule has 2 saturated heterocycles. The van der Waals surface area contributed by atoms with Crippen LogP contribution in [0, 0.1) is 11.8 Å². The Hall–Kier alpha value is -1.44. The van der Waals surface area contributed by atoms with E-state index in [4.69, 9.17) is 30.6 Å². The van der Waals surface area contributed by atoms with Gasteiger partial charge in [0, 0.05) is 13.1 Å². The van der Waals surface area contributed by atoms with E-state index in [0.29, 0.717) is 23.0 Å². The summed E-state index contributed by atoms with van der Waals surface area (Å²) in [5.41, 5.74) is -1.91. The van der Waals surface area contributed by atoms with Crippen molar-refractivity contribution in [1.82, 2.24) is 19.7 Å². The summed E-state index contributed by atoms with van der Waals surface area (Å²) < 4.78 is 35.1. The van der Waals surface area contributed by atoms with E-state index in [1.807, 2.05) is 0 Å². The lowest BCUT2D eigenvalue weighted by Gasteiger charge is -2.27. The first-order valence-corrected chi connectivity index (χ1v) is 15.6. The summed E-state index contributed by atoms with van der Waals surface area (Å²) in [7, 11) is -9.60. The van der Waals surface area contributed by atoms with Gasteiger partial charge in [-0.05, 0) is 36.3 Å². The number of hydrogen-bond donors (Lipinski definition) is 5. The highest BCUT2D eigenvalue weighted by atomic mass is 35.5. The predicted octanol–water partition coefficient (Wildman–Crippen LogP) is 1.23. The third-order valence-corrected chi connectivity index (χ3v) is 11.0. The summed E-state index contributed by atoms with van der Waals surface area (Å²) in [5.74, 6) is 0.386. The Bertz CT molecular complexity index is 1290. The van der Waals surface area contributed by atoms with Gasteiger partial charge in [0.05, 0.1) is 18.2 Å². The van der Waals surface area contributed by atoms with Gasteiger partial charge >= 0.3 is 15.2 Å². The minimum absolute atomic E-state index is 0.0358. The highest BCUT2D eigenvalue weighted by Crippen LogP contribution is 2.56. The Morgan fingerprint density at radius 3 is 2.54 bits per heavy atom. The van der Waals surface area contributed by atoms with E-state index in [1.165, 1.54) is 30.1 Å². The van der Waals surface area contributed by atoms with Crippen LogP contribution in [0.3, 0.4) is 0 Å². The number of ether oxygens (including phenoxy) is 1. The van der Waals surface area contributed by atoms with E-state index in [1.54, 1.807) is 0 Å². The molecule has 5 rings (SSSR count). The Labute approximate surface area is 216 Å². The molecule has 3 aliphatic rings. The van der Waals surface area contributed by atoms with Crippen molar-refractivity contribution in [2.24, 2.45) is 11.8 Å². The van der Waals surface area contributed by atoms with Gasteiger partial charge in [0.15, 0.2) is 17.8 Å². The predicted molar refractivity (Wildman–Crippen MR) is 131 cm³/mol. The lowest BCUT2D eigenvalue weighted by molar-refractivity contribution is -0.0624. The number of nitrogens with zero attached hydrogens (tertiary/aromatic N) is 5. The van der Waals surface area contributed by atoms with Crippen LogP contribution in [0.1, 0.15) is 25.5 Å². The molecule has 2 aliphatic heterocycles. The largest absolute Gasteiger partial charge is 0.385 e. The molecule has 37 heavy (non-hydrogen) atoms. The minimum Gasteiger partial charge on any atom is -0.385 e. The maximum atomic E-state index is 12.1. The van der Waals surface area contributed by atoms with E-state index in [9.17, 15) is 24.2 Å². The molecule has 14 nitrogen and oxygen atoms in total. The molecule has 7 atom stereocenters. The van der Waals surface area contributed by atoms with Gasteiger partial charge in [0.1, 0.15) is 23.6 Å². The zero-order valence-corrected chi connectivity index (χ0v) is 22.1. The zero-order chi connectivity index (χ0) is 26.8. The van der Waals surface area contributed by atoms with Crippen LogP contribution < -0.4 is 4.90 Å². The molecule has 17 heteroatoms. The average Bonchev–Trinajstić information content (AvgIpc) is 3.54. The molecule has 0 radical (unpaired) electrons. The Balaban J connectivity index is 1.42. The van der Waals surface area contributed by atoms with Crippen LogP contribution in [-0.2, 0) is 18.4 Å². The fourth-order valence-corrected chi connectivity index (χ4v) is 8.28. The van der Waals surface area contributed by atoms with Gasteiger partial charge in [0.2, 0.25) is 5.28 Å². The van der Waals surface area contributed by atoms with Crippen LogP contribution in [0.15, 0.2) is 18.9 Å². The maximum Gasteiger partial charge on any atom is 0.340 e. The number of halogens is 1. The quantitative estimate of drug-likeness (QED) is 0.170. The highest BCUT2D eigenvalue weighted by molar-refractivity contribution is 7.70. The second-order valence-electron chi connectivity index (χ2n) is 9.79. The third-order valence-electron chi connectivity index (χ3n) is 7.35. The molecular weight excluding hydrogens is 552 g/mol. The van der Waals surface area contributed by atoms with E-state index in [0.717, 1.165) is 19.2 Å². The number of anilines is 1. The van der Waals surface area contributed by atoms with Crippen molar-refractivity contribution in [3.63, 3.8) is 0 Å². The molecule has 1 aliphatic carbocycles. The summed E-state index contributed by atoms with van der Waals surface area (Å²) in [6.07, 6.45) is 1.65. The van der Waals surface area contributed by atoms with E-state index in [-0.39, 0.29) is 10.9 Å². The number of aromatic nitrogens is 4. The Kier molecular flexibility index (Phi) is 7.07. The van der Waals surface area contributed by atoms with E-state index < -0.39 is 51.7 Å². The highest BCUT2D eigenvalue weighted by Gasteiger charge is 2.55. The van der Waals surface area contributed by atoms with Gasteiger partial charge in [-0.25, -0.2) is 4.68 Å². The van der Waals surface area contributed by atoms with Crippen LogP contribution in [-0.4, -0.2) is 88.1 Å². The molecule has 4 heterocycles. The van der Waals surface area contributed by atoms with Gasteiger partial charge in [-0.1, -0.05) is 12.5 Å². The van der Waals surface area contributed by atoms with Crippen molar-refractivity contribution in [3.05, 3.63) is 24.1 Å². The molecule has 2 aromatic heterocycles. The first kappa shape index (κ1) is 27.1. The molecular formula is C20H28ClN5O9P2. The molecule has 5 N–H and O–H groups in total. The molecule has 1 unspecified atom stereocenters. The smallest absolute Gasteiger partial charge is 0.340 e. The zero-order valence-electron chi connectivity index (χ0n) is 19.6. The number of aliphatic hydroxyl groups excluding tert-OH is 1. The fraction of sp³-hybridized carbons (Fsp3) is 0.650. The summed E-state index contributed by atoms with van der Waals surface area (Å²) in [6, 6.07) is 0. The van der Waals surface area contributed by atoms with Gasteiger partial charge in [0.25, 0.3) is 0 Å².